The molecular weight excluding hydrogens is 470 g/mol. The number of carbonyl (C=O) groups excluding carboxylic acids is 1. The minimum absolute atomic E-state index is 0.176. The zero-order chi connectivity index (χ0) is 26.4. The van der Waals surface area contributed by atoms with E-state index >= 15 is 0 Å². The predicted molar refractivity (Wildman–Crippen MR) is 153 cm³/mol. The highest BCUT2D eigenvalue weighted by molar-refractivity contribution is 5.75. The van der Waals surface area contributed by atoms with Crippen molar-refractivity contribution in [2.24, 2.45) is 5.92 Å². The molecule has 0 aliphatic heterocycles. The van der Waals surface area contributed by atoms with Crippen LogP contribution in [-0.4, -0.2) is 29.8 Å². The SMILES string of the molecule is C[C@@H](NC(=O)NC1CCC(CCN[C@@H]2CCc3ccccc32)CC1)C(O)(c1ccccc1)c1ccccc1. The van der Waals surface area contributed by atoms with Crippen molar-refractivity contribution in [2.45, 2.75) is 75.6 Å². The van der Waals surface area contributed by atoms with Gasteiger partial charge in [-0.05, 0) is 86.6 Å². The third-order valence-electron chi connectivity index (χ3n) is 8.66. The lowest BCUT2D eigenvalue weighted by atomic mass is 9.81. The van der Waals surface area contributed by atoms with Gasteiger partial charge in [-0.3, -0.25) is 0 Å². The quantitative estimate of drug-likeness (QED) is 0.292. The van der Waals surface area contributed by atoms with Crippen LogP contribution in [0.5, 0.6) is 0 Å². The maximum Gasteiger partial charge on any atom is 0.315 e. The highest BCUT2D eigenvalue weighted by Gasteiger charge is 2.38. The fraction of sp³-hybridized carbons (Fsp3) is 0.424. The van der Waals surface area contributed by atoms with E-state index in [1.807, 2.05) is 67.6 Å². The van der Waals surface area contributed by atoms with Gasteiger partial charge in [0, 0.05) is 12.1 Å². The minimum atomic E-state index is -1.33. The van der Waals surface area contributed by atoms with E-state index in [0.717, 1.165) is 43.4 Å². The molecule has 0 saturated heterocycles. The fourth-order valence-corrected chi connectivity index (χ4v) is 6.41. The van der Waals surface area contributed by atoms with Gasteiger partial charge in [0.1, 0.15) is 5.60 Å². The number of benzene rings is 3. The summed E-state index contributed by atoms with van der Waals surface area (Å²) in [4.78, 5) is 13.0. The molecule has 2 atom stereocenters. The molecule has 4 N–H and O–H groups in total. The molecule has 2 amide bonds. The average molecular weight is 512 g/mol. The number of aryl methyl sites for hydroxylation is 1. The molecule has 38 heavy (non-hydrogen) atoms. The van der Waals surface area contributed by atoms with Gasteiger partial charge in [-0.25, -0.2) is 4.79 Å². The topological polar surface area (TPSA) is 73.4 Å². The molecule has 0 spiro atoms. The first-order chi connectivity index (χ1) is 18.5. The summed E-state index contributed by atoms with van der Waals surface area (Å²) in [6.07, 6.45) is 7.85. The third kappa shape index (κ3) is 5.95. The van der Waals surface area contributed by atoms with Crippen molar-refractivity contribution < 1.29 is 9.90 Å². The molecule has 5 nitrogen and oxygen atoms in total. The number of aliphatic hydroxyl groups is 1. The maximum atomic E-state index is 13.0. The van der Waals surface area contributed by atoms with Gasteiger partial charge >= 0.3 is 6.03 Å². The summed E-state index contributed by atoms with van der Waals surface area (Å²) < 4.78 is 0. The summed E-state index contributed by atoms with van der Waals surface area (Å²) in [5.74, 6) is 0.709. The molecule has 5 heteroatoms. The van der Waals surface area contributed by atoms with Gasteiger partial charge in [0.25, 0.3) is 0 Å². The number of urea groups is 1. The molecule has 0 unspecified atom stereocenters. The molecule has 0 radical (unpaired) electrons. The molecule has 200 valence electrons. The van der Waals surface area contributed by atoms with E-state index < -0.39 is 11.6 Å². The van der Waals surface area contributed by atoms with E-state index in [9.17, 15) is 9.90 Å². The first kappa shape index (κ1) is 26.5. The molecule has 1 fully saturated rings. The average Bonchev–Trinajstić information content (AvgIpc) is 3.37. The van der Waals surface area contributed by atoms with Gasteiger partial charge in [0.2, 0.25) is 0 Å². The van der Waals surface area contributed by atoms with E-state index in [1.54, 1.807) is 0 Å². The van der Waals surface area contributed by atoms with Crippen molar-refractivity contribution in [1.29, 1.82) is 0 Å². The van der Waals surface area contributed by atoms with Crippen molar-refractivity contribution in [3.8, 4) is 0 Å². The zero-order valence-corrected chi connectivity index (χ0v) is 22.4. The third-order valence-corrected chi connectivity index (χ3v) is 8.66. The van der Waals surface area contributed by atoms with Crippen LogP contribution in [0.4, 0.5) is 4.79 Å². The van der Waals surface area contributed by atoms with Crippen LogP contribution in [0, 0.1) is 5.92 Å². The van der Waals surface area contributed by atoms with Crippen molar-refractivity contribution in [1.82, 2.24) is 16.0 Å². The van der Waals surface area contributed by atoms with Crippen molar-refractivity contribution in [2.75, 3.05) is 6.54 Å². The van der Waals surface area contributed by atoms with Crippen LogP contribution < -0.4 is 16.0 Å². The Morgan fingerprint density at radius 3 is 2.13 bits per heavy atom. The smallest absolute Gasteiger partial charge is 0.315 e. The Morgan fingerprint density at radius 1 is 0.868 bits per heavy atom. The van der Waals surface area contributed by atoms with E-state index in [2.05, 4.69) is 40.2 Å². The van der Waals surface area contributed by atoms with Crippen LogP contribution in [0.25, 0.3) is 0 Å². The van der Waals surface area contributed by atoms with Crippen molar-refractivity contribution >= 4 is 6.03 Å². The van der Waals surface area contributed by atoms with Gasteiger partial charge < -0.3 is 21.1 Å². The molecule has 2 aliphatic rings. The summed E-state index contributed by atoms with van der Waals surface area (Å²) in [5, 5.41) is 21.9. The van der Waals surface area contributed by atoms with E-state index in [0.29, 0.717) is 12.0 Å². The van der Waals surface area contributed by atoms with Gasteiger partial charge in [-0.2, -0.15) is 0 Å². The van der Waals surface area contributed by atoms with E-state index in [1.165, 1.54) is 30.4 Å². The number of amides is 2. The summed E-state index contributed by atoms with van der Waals surface area (Å²) in [6.45, 7) is 2.92. The largest absolute Gasteiger partial charge is 0.378 e. The molecule has 3 aromatic carbocycles. The van der Waals surface area contributed by atoms with Gasteiger partial charge in [-0.1, -0.05) is 84.9 Å². The Balaban J connectivity index is 1.09. The number of hydrogen-bond donors (Lipinski definition) is 4. The zero-order valence-electron chi connectivity index (χ0n) is 22.4. The molecule has 2 aliphatic carbocycles. The maximum absolute atomic E-state index is 13.0. The Morgan fingerprint density at radius 2 is 1.47 bits per heavy atom. The lowest BCUT2D eigenvalue weighted by molar-refractivity contribution is 0.0470. The fourth-order valence-electron chi connectivity index (χ4n) is 6.41. The van der Waals surface area contributed by atoms with Crippen LogP contribution in [0.15, 0.2) is 84.9 Å². The highest BCUT2D eigenvalue weighted by Crippen LogP contribution is 2.34. The van der Waals surface area contributed by atoms with Crippen LogP contribution in [-0.2, 0) is 12.0 Å². The second kappa shape index (κ2) is 12.1. The van der Waals surface area contributed by atoms with Crippen LogP contribution in [0.2, 0.25) is 0 Å². The molecule has 3 aromatic rings. The summed E-state index contributed by atoms with van der Waals surface area (Å²) in [6, 6.07) is 27.9. The molecule has 0 bridgehead atoms. The van der Waals surface area contributed by atoms with Crippen LogP contribution in [0.1, 0.15) is 73.7 Å². The number of fused-ring (bicyclic) bond motifs is 1. The predicted octanol–water partition coefficient (Wildman–Crippen LogP) is 5.84. The standard InChI is InChI=1S/C33H41N3O2/c1-24(33(38,27-11-4-2-5-12-27)28-13-6-3-7-14-28)35-32(37)36-29-19-16-25(17-20-29)22-23-34-31-21-18-26-10-8-9-15-30(26)31/h2-15,24-25,29,31,34,38H,16-23H2,1H3,(H2,35,36,37)/t24-,25?,29?,31-/m1/s1. The summed E-state index contributed by atoms with van der Waals surface area (Å²) >= 11 is 0. The minimum Gasteiger partial charge on any atom is -0.378 e. The number of carbonyl (C=O) groups is 1. The number of rotatable bonds is 9. The Hall–Kier alpha value is -3.15. The first-order valence-corrected chi connectivity index (χ1v) is 14.3. The second-order valence-corrected chi connectivity index (χ2v) is 11.1. The number of hydrogen-bond acceptors (Lipinski definition) is 3. The van der Waals surface area contributed by atoms with Gasteiger partial charge in [0.15, 0.2) is 0 Å². The Kier molecular flexibility index (Phi) is 8.45. The van der Waals surface area contributed by atoms with Crippen LogP contribution >= 0.6 is 0 Å². The monoisotopic (exact) mass is 511 g/mol. The van der Waals surface area contributed by atoms with E-state index in [-0.39, 0.29) is 12.1 Å². The normalized spacial score (nSPS) is 21.9. The molecule has 5 rings (SSSR count). The molecule has 0 heterocycles. The highest BCUT2D eigenvalue weighted by atomic mass is 16.3. The molecule has 0 aromatic heterocycles. The molecular formula is C33H41N3O2. The van der Waals surface area contributed by atoms with Gasteiger partial charge in [0.05, 0.1) is 6.04 Å². The summed E-state index contributed by atoms with van der Waals surface area (Å²) in [5.41, 5.74) is 3.16. The lowest BCUT2D eigenvalue weighted by Gasteiger charge is -2.36. The lowest BCUT2D eigenvalue weighted by Crippen LogP contribution is -2.54. The van der Waals surface area contributed by atoms with Crippen molar-refractivity contribution in [3.05, 3.63) is 107 Å². The van der Waals surface area contributed by atoms with E-state index in [4.69, 9.17) is 0 Å². The Labute approximate surface area is 227 Å². The van der Waals surface area contributed by atoms with Gasteiger partial charge in [-0.15, -0.1) is 0 Å². The number of nitrogens with one attached hydrogen (secondary N) is 3. The van der Waals surface area contributed by atoms with Crippen LogP contribution in [0.3, 0.4) is 0 Å². The second-order valence-electron chi connectivity index (χ2n) is 11.1. The summed E-state index contributed by atoms with van der Waals surface area (Å²) in [7, 11) is 0. The van der Waals surface area contributed by atoms with Crippen molar-refractivity contribution in [3.63, 3.8) is 0 Å². The Bertz CT molecular complexity index is 1140. The first-order valence-electron chi connectivity index (χ1n) is 14.3. The molecule has 1 saturated carbocycles.